The lowest BCUT2D eigenvalue weighted by atomic mass is 10.2. The number of anilines is 2. The molecule has 1 amide bonds. The average molecular weight is 360 g/mol. The minimum atomic E-state index is -3.28. The number of hydrogen-bond acceptors (Lipinski definition) is 4. The molecule has 1 fully saturated rings. The predicted octanol–water partition coefficient (Wildman–Crippen LogP) is 2.88. The lowest BCUT2D eigenvalue weighted by Gasteiger charge is -2.28. The summed E-state index contributed by atoms with van der Waals surface area (Å²) in [6.07, 6.45) is 1.52. The molecule has 1 aliphatic rings. The fourth-order valence-electron chi connectivity index (χ4n) is 2.79. The van der Waals surface area contributed by atoms with Gasteiger partial charge in [-0.3, -0.25) is 9.10 Å². The lowest BCUT2D eigenvalue weighted by Crippen LogP contribution is -2.37. The number of methoxy groups -OCH3 is 1. The van der Waals surface area contributed by atoms with Crippen LogP contribution in [0.25, 0.3) is 0 Å². The summed E-state index contributed by atoms with van der Waals surface area (Å²) in [4.78, 5) is 12.4. The van der Waals surface area contributed by atoms with Crippen molar-refractivity contribution in [1.29, 1.82) is 0 Å². The number of ether oxygens (including phenoxy) is 1. The van der Waals surface area contributed by atoms with Crippen molar-refractivity contribution in [1.82, 2.24) is 0 Å². The lowest BCUT2D eigenvalue weighted by molar-refractivity contribution is 0.102. The van der Waals surface area contributed by atoms with E-state index >= 15 is 0 Å². The molecule has 7 heteroatoms. The van der Waals surface area contributed by atoms with Crippen molar-refractivity contribution in [3.05, 3.63) is 54.1 Å². The highest BCUT2D eigenvalue weighted by molar-refractivity contribution is 7.92. The molecule has 6 nitrogen and oxygen atoms in total. The summed E-state index contributed by atoms with van der Waals surface area (Å²) in [6.45, 7) is 0.468. The highest BCUT2D eigenvalue weighted by Crippen LogP contribution is 2.26. The molecule has 1 heterocycles. The Hall–Kier alpha value is -2.54. The summed E-state index contributed by atoms with van der Waals surface area (Å²) in [6, 6.07) is 13.7. The van der Waals surface area contributed by atoms with Gasteiger partial charge in [-0.25, -0.2) is 8.42 Å². The monoisotopic (exact) mass is 360 g/mol. The maximum absolute atomic E-state index is 12.4. The van der Waals surface area contributed by atoms with E-state index in [-0.39, 0.29) is 11.7 Å². The molecule has 0 aromatic heterocycles. The maximum Gasteiger partial charge on any atom is 0.255 e. The second kappa shape index (κ2) is 7.14. The molecule has 3 rings (SSSR count). The van der Waals surface area contributed by atoms with E-state index in [0.29, 0.717) is 35.7 Å². The molecule has 2 aromatic rings. The van der Waals surface area contributed by atoms with Crippen LogP contribution < -0.4 is 14.4 Å². The van der Waals surface area contributed by atoms with Gasteiger partial charge < -0.3 is 10.1 Å². The number of carbonyl (C=O) groups is 1. The van der Waals surface area contributed by atoms with Gasteiger partial charge in [-0.15, -0.1) is 0 Å². The third-order valence-electron chi connectivity index (χ3n) is 4.07. The van der Waals surface area contributed by atoms with Gasteiger partial charge in [-0.1, -0.05) is 12.1 Å². The Morgan fingerprint density at radius 1 is 1.12 bits per heavy atom. The average Bonchev–Trinajstić information content (AvgIpc) is 2.61. The van der Waals surface area contributed by atoms with Crippen LogP contribution in [-0.2, 0) is 10.0 Å². The quantitative estimate of drug-likeness (QED) is 0.910. The minimum Gasteiger partial charge on any atom is -0.497 e. The first-order valence-corrected chi connectivity index (χ1v) is 9.66. The Kier molecular flexibility index (Phi) is 4.94. The molecule has 1 saturated heterocycles. The molecule has 25 heavy (non-hydrogen) atoms. The van der Waals surface area contributed by atoms with E-state index in [1.807, 2.05) is 0 Å². The zero-order valence-electron chi connectivity index (χ0n) is 13.9. The summed E-state index contributed by atoms with van der Waals surface area (Å²) in [5.41, 5.74) is 1.59. The maximum atomic E-state index is 12.4. The zero-order valence-corrected chi connectivity index (χ0v) is 14.8. The standard InChI is InChI=1S/C18H20N2O4S/c1-24-17-9-4-6-14(12-17)18(21)19-15-7-5-8-16(13-15)20-10-2-3-11-25(20,22)23/h4-9,12-13H,2-3,10-11H2,1H3,(H,19,21). The third-order valence-corrected chi connectivity index (χ3v) is 5.94. The molecule has 0 unspecified atom stereocenters. The molecule has 0 radical (unpaired) electrons. The molecule has 1 N–H and O–H groups in total. The molecule has 1 aliphatic heterocycles. The van der Waals surface area contributed by atoms with Gasteiger partial charge in [0.1, 0.15) is 5.75 Å². The number of rotatable bonds is 4. The van der Waals surface area contributed by atoms with Gasteiger partial charge in [0.2, 0.25) is 10.0 Å². The normalized spacial score (nSPS) is 16.3. The smallest absolute Gasteiger partial charge is 0.255 e. The van der Waals surface area contributed by atoms with E-state index in [2.05, 4.69) is 5.32 Å². The molecular formula is C18H20N2O4S. The highest BCUT2D eigenvalue weighted by Gasteiger charge is 2.26. The summed E-state index contributed by atoms with van der Waals surface area (Å²) >= 11 is 0. The van der Waals surface area contributed by atoms with Crippen LogP contribution in [0.4, 0.5) is 11.4 Å². The van der Waals surface area contributed by atoms with Gasteiger partial charge in [0.05, 0.1) is 18.6 Å². The molecular weight excluding hydrogens is 340 g/mol. The molecule has 0 atom stereocenters. The number of sulfonamides is 1. The van der Waals surface area contributed by atoms with Gasteiger partial charge in [0.25, 0.3) is 5.91 Å². The van der Waals surface area contributed by atoms with Gasteiger partial charge in [-0.05, 0) is 49.2 Å². The summed E-state index contributed by atoms with van der Waals surface area (Å²) in [5.74, 6) is 0.478. The third kappa shape index (κ3) is 3.93. The highest BCUT2D eigenvalue weighted by atomic mass is 32.2. The Balaban J connectivity index is 1.81. The van der Waals surface area contributed by atoms with Crippen molar-refractivity contribution < 1.29 is 17.9 Å². The van der Waals surface area contributed by atoms with Crippen LogP contribution in [0.3, 0.4) is 0 Å². The van der Waals surface area contributed by atoms with Crippen LogP contribution in [0.2, 0.25) is 0 Å². The van der Waals surface area contributed by atoms with Crippen molar-refractivity contribution in [2.45, 2.75) is 12.8 Å². The minimum absolute atomic E-state index is 0.160. The van der Waals surface area contributed by atoms with Crippen molar-refractivity contribution in [3.8, 4) is 5.75 Å². The van der Waals surface area contributed by atoms with Gasteiger partial charge >= 0.3 is 0 Å². The van der Waals surface area contributed by atoms with Crippen LogP contribution in [0, 0.1) is 0 Å². The van der Waals surface area contributed by atoms with Gasteiger partial charge in [-0.2, -0.15) is 0 Å². The van der Waals surface area contributed by atoms with Crippen LogP contribution in [0.15, 0.2) is 48.5 Å². The second-order valence-corrected chi connectivity index (χ2v) is 7.84. The number of carbonyl (C=O) groups excluding carboxylic acids is 1. The SMILES string of the molecule is COc1cccc(C(=O)Nc2cccc(N3CCCCS3(=O)=O)c2)c1. The van der Waals surface area contributed by atoms with Crippen molar-refractivity contribution in [2.75, 3.05) is 29.0 Å². The topological polar surface area (TPSA) is 75.7 Å². The Morgan fingerprint density at radius 3 is 2.68 bits per heavy atom. The number of nitrogens with zero attached hydrogens (tertiary/aromatic N) is 1. The molecule has 2 aromatic carbocycles. The fourth-order valence-corrected chi connectivity index (χ4v) is 4.42. The Bertz CT molecular complexity index is 880. The summed E-state index contributed by atoms with van der Waals surface area (Å²) in [5, 5.41) is 2.80. The molecule has 132 valence electrons. The van der Waals surface area contributed by atoms with E-state index in [9.17, 15) is 13.2 Å². The Labute approximate surface area is 147 Å². The fraction of sp³-hybridized carbons (Fsp3) is 0.278. The first-order valence-electron chi connectivity index (χ1n) is 8.05. The number of amides is 1. The molecule has 0 aliphatic carbocycles. The first kappa shape index (κ1) is 17.3. The molecule has 0 spiro atoms. The summed E-state index contributed by atoms with van der Waals surface area (Å²) in [7, 11) is -1.74. The zero-order chi connectivity index (χ0) is 17.9. The van der Waals surface area contributed by atoms with E-state index in [1.165, 1.54) is 4.31 Å². The van der Waals surface area contributed by atoms with Crippen LogP contribution >= 0.6 is 0 Å². The number of hydrogen-bond donors (Lipinski definition) is 1. The van der Waals surface area contributed by atoms with Crippen molar-refractivity contribution in [2.24, 2.45) is 0 Å². The predicted molar refractivity (Wildman–Crippen MR) is 97.8 cm³/mol. The first-order chi connectivity index (χ1) is 12.0. The Morgan fingerprint density at radius 2 is 1.92 bits per heavy atom. The van der Waals surface area contributed by atoms with Crippen molar-refractivity contribution in [3.63, 3.8) is 0 Å². The summed E-state index contributed by atoms with van der Waals surface area (Å²) < 4.78 is 31.0. The van der Waals surface area contributed by atoms with Crippen LogP contribution in [-0.4, -0.2) is 33.7 Å². The van der Waals surface area contributed by atoms with E-state index in [1.54, 1.807) is 55.6 Å². The van der Waals surface area contributed by atoms with E-state index < -0.39 is 10.0 Å². The molecule has 0 bridgehead atoms. The number of benzene rings is 2. The van der Waals surface area contributed by atoms with Crippen LogP contribution in [0.5, 0.6) is 5.75 Å². The second-order valence-electron chi connectivity index (χ2n) is 5.83. The largest absolute Gasteiger partial charge is 0.497 e. The molecule has 0 saturated carbocycles. The number of nitrogens with one attached hydrogen (secondary N) is 1. The van der Waals surface area contributed by atoms with E-state index in [0.717, 1.165) is 6.42 Å². The van der Waals surface area contributed by atoms with Gasteiger partial charge in [0.15, 0.2) is 0 Å². The van der Waals surface area contributed by atoms with Crippen molar-refractivity contribution >= 4 is 27.3 Å². The van der Waals surface area contributed by atoms with Crippen LogP contribution in [0.1, 0.15) is 23.2 Å². The van der Waals surface area contributed by atoms with E-state index in [4.69, 9.17) is 4.74 Å². The van der Waals surface area contributed by atoms with Gasteiger partial charge in [0, 0.05) is 17.8 Å².